The van der Waals surface area contributed by atoms with Crippen molar-refractivity contribution >= 4 is 16.0 Å². The Labute approximate surface area is 154 Å². The van der Waals surface area contributed by atoms with Gasteiger partial charge in [-0.15, -0.1) is 0 Å². The predicted octanol–water partition coefficient (Wildman–Crippen LogP) is 4.10. The number of halogens is 9. The number of nitrogens with zero attached hydrogens (tertiary/aromatic N) is 1. The van der Waals surface area contributed by atoms with Gasteiger partial charge in [0.25, 0.3) is 10.0 Å². The molecule has 0 aromatic heterocycles. The minimum absolute atomic E-state index is 0.0198. The first kappa shape index (κ1) is 26.8. The van der Waals surface area contributed by atoms with Crippen molar-refractivity contribution in [2.45, 2.75) is 62.3 Å². The Morgan fingerprint density at radius 1 is 0.857 bits per heavy atom. The molecule has 0 bridgehead atoms. The van der Waals surface area contributed by atoms with Gasteiger partial charge in [0.15, 0.2) is 0 Å². The zero-order chi connectivity index (χ0) is 22.6. The highest BCUT2D eigenvalue weighted by Gasteiger charge is 2.85. The molecule has 0 saturated carbocycles. The number of alkyl halides is 9. The van der Waals surface area contributed by atoms with Crippen LogP contribution in [0.5, 0.6) is 0 Å². The van der Waals surface area contributed by atoms with Gasteiger partial charge >= 0.3 is 29.2 Å². The molecule has 0 atom stereocenters. The van der Waals surface area contributed by atoms with Crippen LogP contribution in [0.25, 0.3) is 0 Å². The van der Waals surface area contributed by atoms with E-state index in [-0.39, 0.29) is 36.4 Å². The number of carboxylic acid groups (broad SMARTS) is 1. The molecule has 1 N–H and O–H groups in total. The van der Waals surface area contributed by atoms with Gasteiger partial charge in [-0.25, -0.2) is 8.42 Å². The Kier molecular flexibility index (Phi) is 8.65. The smallest absolute Gasteiger partial charge is 0.460 e. The van der Waals surface area contributed by atoms with Crippen molar-refractivity contribution in [3.05, 3.63) is 0 Å². The van der Waals surface area contributed by atoms with E-state index < -0.39 is 52.4 Å². The number of hydrogen-bond donors (Lipinski definition) is 1. The van der Waals surface area contributed by atoms with Gasteiger partial charge in [-0.1, -0.05) is 13.3 Å². The summed E-state index contributed by atoms with van der Waals surface area (Å²) in [6, 6.07) is 0. The van der Waals surface area contributed by atoms with Crippen molar-refractivity contribution in [1.29, 1.82) is 0 Å². The lowest BCUT2D eigenvalue weighted by molar-refractivity contribution is -0.382. The SMILES string of the molecule is CCCN(CCCCCC(=O)O)S(=O)(=O)C(F)(F)C(F)(F)C(F)(F)C(F)(F)F. The summed E-state index contributed by atoms with van der Waals surface area (Å²) >= 11 is 0. The van der Waals surface area contributed by atoms with Crippen LogP contribution in [-0.2, 0) is 14.8 Å². The largest absolute Gasteiger partial charge is 0.481 e. The van der Waals surface area contributed by atoms with Crippen molar-refractivity contribution in [2.24, 2.45) is 0 Å². The molecule has 0 spiro atoms. The van der Waals surface area contributed by atoms with E-state index in [1.54, 1.807) is 0 Å². The average molecular weight is 455 g/mol. The normalized spacial score (nSPS) is 14.5. The molecule has 0 aromatic rings. The number of sulfonamides is 1. The molecule has 0 aliphatic carbocycles. The Morgan fingerprint density at radius 3 is 1.75 bits per heavy atom. The summed E-state index contributed by atoms with van der Waals surface area (Å²) in [5.74, 6) is -15.8. The molecule has 0 heterocycles. The molecule has 0 aromatic carbocycles. The van der Waals surface area contributed by atoms with Crippen molar-refractivity contribution in [1.82, 2.24) is 4.31 Å². The van der Waals surface area contributed by atoms with Crippen LogP contribution in [0.4, 0.5) is 39.5 Å². The molecular weight excluding hydrogens is 437 g/mol. The fourth-order valence-corrected chi connectivity index (χ4v) is 3.60. The maximum Gasteiger partial charge on any atom is 0.460 e. The molecule has 28 heavy (non-hydrogen) atoms. The summed E-state index contributed by atoms with van der Waals surface area (Å²) < 4.78 is 140. The first-order chi connectivity index (χ1) is 12.4. The average Bonchev–Trinajstić information content (AvgIpc) is 2.51. The minimum atomic E-state index is -7.31. The molecule has 0 rings (SSSR count). The van der Waals surface area contributed by atoms with Crippen molar-refractivity contribution in [3.63, 3.8) is 0 Å². The summed E-state index contributed by atoms with van der Waals surface area (Å²) in [6.07, 6.45) is -8.07. The number of aliphatic carboxylic acids is 1. The molecule has 0 radical (unpaired) electrons. The van der Waals surface area contributed by atoms with E-state index in [2.05, 4.69) is 0 Å². The minimum Gasteiger partial charge on any atom is -0.481 e. The number of carboxylic acids is 1. The molecule has 0 saturated heterocycles. The summed E-state index contributed by atoms with van der Waals surface area (Å²) in [6.45, 7) is -0.503. The molecule has 0 aliphatic rings. The number of hydrogen-bond acceptors (Lipinski definition) is 3. The molecule has 0 unspecified atom stereocenters. The number of unbranched alkanes of at least 4 members (excludes halogenated alkanes) is 2. The van der Waals surface area contributed by atoms with E-state index in [4.69, 9.17) is 5.11 Å². The van der Waals surface area contributed by atoms with Crippen molar-refractivity contribution < 1.29 is 57.8 Å². The highest BCUT2D eigenvalue weighted by atomic mass is 32.2. The fourth-order valence-electron chi connectivity index (χ4n) is 2.03. The third-order valence-corrected chi connectivity index (χ3v) is 5.50. The standard InChI is InChI=1S/C13H18F9NO4S/c1-2-7-23(8-5-3-4-6-9(24)25)28(26,27)13(21,22)11(16,17)10(14,15)12(18,19)20/h2-8H2,1H3,(H,24,25). The third-order valence-electron chi connectivity index (χ3n) is 3.55. The van der Waals surface area contributed by atoms with Gasteiger partial charge in [-0.3, -0.25) is 4.79 Å². The highest BCUT2D eigenvalue weighted by Crippen LogP contribution is 2.55. The lowest BCUT2D eigenvalue weighted by Gasteiger charge is -2.35. The van der Waals surface area contributed by atoms with E-state index in [0.717, 1.165) is 0 Å². The van der Waals surface area contributed by atoms with Crippen molar-refractivity contribution in [2.75, 3.05) is 13.1 Å². The first-order valence-corrected chi connectivity index (χ1v) is 9.23. The molecule has 0 aliphatic heterocycles. The van der Waals surface area contributed by atoms with Crippen LogP contribution in [0.3, 0.4) is 0 Å². The van der Waals surface area contributed by atoms with E-state index in [9.17, 15) is 52.7 Å². The summed E-state index contributed by atoms with van der Waals surface area (Å²) in [4.78, 5) is 10.3. The molecule has 15 heteroatoms. The van der Waals surface area contributed by atoms with E-state index >= 15 is 0 Å². The highest BCUT2D eigenvalue weighted by molar-refractivity contribution is 7.90. The lowest BCUT2D eigenvalue weighted by atomic mass is 10.1. The van der Waals surface area contributed by atoms with Crippen LogP contribution < -0.4 is 0 Å². The Morgan fingerprint density at radius 2 is 1.36 bits per heavy atom. The van der Waals surface area contributed by atoms with Crippen LogP contribution in [0.2, 0.25) is 0 Å². The van der Waals surface area contributed by atoms with Gasteiger partial charge in [0.05, 0.1) is 0 Å². The second-order valence-electron chi connectivity index (χ2n) is 5.77. The van der Waals surface area contributed by atoms with Crippen LogP contribution in [0.1, 0.15) is 39.0 Å². The first-order valence-electron chi connectivity index (χ1n) is 7.79. The van der Waals surface area contributed by atoms with Crippen LogP contribution in [-0.4, -0.2) is 60.2 Å². The van der Waals surface area contributed by atoms with Gasteiger partial charge in [-0.2, -0.15) is 43.8 Å². The van der Waals surface area contributed by atoms with Crippen LogP contribution >= 0.6 is 0 Å². The topological polar surface area (TPSA) is 74.7 Å². The second kappa shape index (κ2) is 9.05. The molecule has 0 fully saturated rings. The molecule has 0 amide bonds. The van der Waals surface area contributed by atoms with Gasteiger partial charge in [-0.05, 0) is 19.3 Å². The zero-order valence-corrected chi connectivity index (χ0v) is 15.2. The van der Waals surface area contributed by atoms with E-state index in [1.807, 2.05) is 0 Å². The predicted molar refractivity (Wildman–Crippen MR) is 77.8 cm³/mol. The Bertz CT molecular complexity index is 634. The summed E-state index contributed by atoms with van der Waals surface area (Å²) in [5, 5.41) is 1.67. The monoisotopic (exact) mass is 455 g/mol. The fraction of sp³-hybridized carbons (Fsp3) is 0.923. The van der Waals surface area contributed by atoms with Crippen LogP contribution in [0, 0.1) is 0 Å². The lowest BCUT2D eigenvalue weighted by Crippen LogP contribution is -2.65. The molecule has 168 valence electrons. The zero-order valence-electron chi connectivity index (χ0n) is 14.4. The molecular formula is C13H18F9NO4S. The van der Waals surface area contributed by atoms with Gasteiger partial charge in [0, 0.05) is 19.5 Å². The quantitative estimate of drug-likeness (QED) is 0.355. The van der Waals surface area contributed by atoms with Crippen LogP contribution in [0.15, 0.2) is 0 Å². The second-order valence-corrected chi connectivity index (χ2v) is 7.75. The van der Waals surface area contributed by atoms with E-state index in [1.165, 1.54) is 6.92 Å². The summed E-state index contributed by atoms with van der Waals surface area (Å²) in [5.41, 5.74) is 0. The maximum atomic E-state index is 13.8. The molecule has 5 nitrogen and oxygen atoms in total. The Balaban J connectivity index is 5.69. The van der Waals surface area contributed by atoms with E-state index in [0.29, 0.717) is 0 Å². The number of carbonyl (C=O) groups is 1. The van der Waals surface area contributed by atoms with Gasteiger partial charge in [0.2, 0.25) is 0 Å². The van der Waals surface area contributed by atoms with Gasteiger partial charge < -0.3 is 5.11 Å². The summed E-state index contributed by atoms with van der Waals surface area (Å²) in [7, 11) is -6.61. The third kappa shape index (κ3) is 5.21. The Hall–Kier alpha value is -1.25. The maximum absolute atomic E-state index is 13.8. The van der Waals surface area contributed by atoms with Crippen molar-refractivity contribution in [3.8, 4) is 0 Å². The number of rotatable bonds is 12. The van der Waals surface area contributed by atoms with Gasteiger partial charge in [0.1, 0.15) is 0 Å².